The first-order chi connectivity index (χ1) is 30.8. The fourth-order valence-corrected chi connectivity index (χ4v) is 7.04. The van der Waals surface area contributed by atoms with Gasteiger partial charge >= 0.3 is 17.9 Å². The molecule has 1 aliphatic rings. The van der Waals surface area contributed by atoms with Crippen molar-refractivity contribution in [2.75, 3.05) is 26.2 Å². The van der Waals surface area contributed by atoms with Gasteiger partial charge < -0.3 is 69.3 Å². The number of rotatable bonds is 30. The van der Waals surface area contributed by atoms with Crippen LogP contribution >= 0.6 is 0 Å². The number of likely N-dealkylation sites (tertiary alicyclic amines) is 1. The quantitative estimate of drug-likeness (QED) is 0.0369. The Morgan fingerprint density at radius 2 is 1.25 bits per heavy atom. The van der Waals surface area contributed by atoms with Gasteiger partial charge in [-0.3, -0.25) is 43.2 Å². The van der Waals surface area contributed by atoms with E-state index in [1.165, 1.54) is 4.90 Å². The Balaban J connectivity index is 2.22. The zero-order chi connectivity index (χ0) is 48.6. The first-order valence-electron chi connectivity index (χ1n) is 21.8. The number of carbonyl (C=O) groups excluding carboxylic acids is 7. The average molecular weight is 919 g/mol. The summed E-state index contributed by atoms with van der Waals surface area (Å²) in [6, 6.07) is -1.22. The summed E-state index contributed by atoms with van der Waals surface area (Å²) in [6.07, 6.45) is 0.819. The minimum Gasteiger partial charge on any atom is -0.481 e. The van der Waals surface area contributed by atoms with Crippen molar-refractivity contribution in [1.29, 1.82) is 0 Å². The number of benzene rings is 1. The van der Waals surface area contributed by atoms with E-state index in [2.05, 4.69) is 31.9 Å². The highest BCUT2D eigenvalue weighted by Gasteiger charge is 2.38. The van der Waals surface area contributed by atoms with Gasteiger partial charge in [-0.25, -0.2) is 4.79 Å². The highest BCUT2D eigenvalue weighted by molar-refractivity contribution is 5.98. The summed E-state index contributed by atoms with van der Waals surface area (Å²) in [6.45, 7) is 3.56. The Kier molecular flexibility index (Phi) is 24.1. The van der Waals surface area contributed by atoms with Crippen LogP contribution in [0.4, 0.5) is 0 Å². The Morgan fingerprint density at radius 3 is 1.82 bits per heavy atom. The van der Waals surface area contributed by atoms with Gasteiger partial charge in [0.2, 0.25) is 41.4 Å². The lowest BCUT2D eigenvalue weighted by Crippen LogP contribution is -2.57. The summed E-state index contributed by atoms with van der Waals surface area (Å²) in [4.78, 5) is 130. The van der Waals surface area contributed by atoms with E-state index in [9.17, 15) is 63.3 Å². The maximum atomic E-state index is 13.9. The molecule has 1 aliphatic heterocycles. The van der Waals surface area contributed by atoms with Crippen molar-refractivity contribution in [2.45, 2.75) is 133 Å². The van der Waals surface area contributed by atoms with E-state index < -0.39 is 127 Å². The molecular formula is C42H66N10O13. The molecule has 0 spiro atoms. The van der Waals surface area contributed by atoms with Crippen LogP contribution in [-0.4, -0.2) is 142 Å². The number of carboxylic acid groups (broad SMARTS) is 3. The minimum atomic E-state index is -1.78. The number of hydrogen-bond acceptors (Lipinski definition) is 13. The van der Waals surface area contributed by atoms with Gasteiger partial charge in [0.25, 0.3) is 0 Å². The Labute approximate surface area is 377 Å². The van der Waals surface area contributed by atoms with Crippen molar-refractivity contribution >= 4 is 59.3 Å². The number of nitrogens with zero attached hydrogens (tertiary/aromatic N) is 1. The number of carboxylic acids is 3. The van der Waals surface area contributed by atoms with Crippen LogP contribution in [-0.2, 0) is 47.9 Å². The number of amides is 7. The molecule has 0 radical (unpaired) electrons. The normalized spacial score (nSPS) is 16.2. The molecule has 0 aliphatic carbocycles. The van der Waals surface area contributed by atoms with Crippen LogP contribution in [0.5, 0.6) is 0 Å². The first kappa shape index (κ1) is 54.9. The van der Waals surface area contributed by atoms with Crippen LogP contribution in [0, 0.1) is 5.92 Å². The van der Waals surface area contributed by atoms with Gasteiger partial charge in [0.1, 0.15) is 36.3 Å². The second kappa shape index (κ2) is 28.6. The lowest BCUT2D eigenvalue weighted by atomic mass is 10.0. The number of nitrogens with one attached hydrogen (secondary N) is 6. The van der Waals surface area contributed by atoms with Crippen LogP contribution in [0.25, 0.3) is 0 Å². The number of nitrogens with two attached hydrogens (primary N) is 3. The van der Waals surface area contributed by atoms with Gasteiger partial charge in [0, 0.05) is 13.0 Å². The third-order valence-electron chi connectivity index (χ3n) is 10.5. The van der Waals surface area contributed by atoms with Crippen molar-refractivity contribution in [2.24, 2.45) is 23.1 Å². The Bertz CT molecular complexity index is 1800. The second-order valence-electron chi connectivity index (χ2n) is 16.2. The monoisotopic (exact) mass is 918 g/mol. The fraction of sp³-hybridized carbons (Fsp3) is 0.619. The van der Waals surface area contributed by atoms with Crippen molar-refractivity contribution < 1.29 is 63.3 Å². The lowest BCUT2D eigenvalue weighted by molar-refractivity contribution is -0.142. The number of unbranched alkanes of at least 4 members (excludes halogenated alkanes) is 2. The highest BCUT2D eigenvalue weighted by atomic mass is 16.4. The molecule has 0 bridgehead atoms. The molecule has 0 aromatic heterocycles. The van der Waals surface area contributed by atoms with Crippen molar-refractivity contribution in [3.8, 4) is 0 Å². The molecule has 1 saturated heterocycles. The zero-order valence-corrected chi connectivity index (χ0v) is 36.9. The van der Waals surface area contributed by atoms with E-state index in [-0.39, 0.29) is 44.7 Å². The highest BCUT2D eigenvalue weighted by Crippen LogP contribution is 2.19. The summed E-state index contributed by atoms with van der Waals surface area (Å²) < 4.78 is 0. The standard InChI is InChI=1S/C42H66N10O13/c1-24(2)21-26(45)36(58)47-28(16-17-33(54)55)38(60)50-30(22-34(56)57)37(59)46-23-32(53)52-20-10-15-31(52)40(62)48-27(13-6-8-18-43)39(61)51-35(25-11-4-3-5-12-25)41(63)49-29(42(64)65)14-7-9-19-44/h3-5,11-12,24,26-31,35H,6-10,13-23,43-45H2,1-2H3,(H,46,59)(H,47,58)(H,48,62)(H,49,63)(H,50,60)(H,51,61)(H,54,55)(H,56,57)(H,64,65)/t26-,27-,28-,29-,30-,31-,35-/m0/s1. The summed E-state index contributed by atoms with van der Waals surface area (Å²) >= 11 is 0. The molecular weight excluding hydrogens is 853 g/mol. The molecule has 0 unspecified atom stereocenters. The van der Waals surface area contributed by atoms with E-state index in [0.717, 1.165) is 0 Å². The topological polar surface area (TPSA) is 385 Å². The maximum Gasteiger partial charge on any atom is 0.326 e. The van der Waals surface area contributed by atoms with Gasteiger partial charge in [-0.2, -0.15) is 0 Å². The largest absolute Gasteiger partial charge is 0.481 e. The molecule has 7 atom stereocenters. The molecule has 1 fully saturated rings. The molecule has 7 amide bonds. The number of hydrogen-bond donors (Lipinski definition) is 12. The first-order valence-corrected chi connectivity index (χ1v) is 21.8. The van der Waals surface area contributed by atoms with Gasteiger partial charge in [0.05, 0.1) is 19.0 Å². The minimum absolute atomic E-state index is 0.00726. The molecule has 23 nitrogen and oxygen atoms in total. The molecule has 1 heterocycles. The predicted octanol–water partition coefficient (Wildman–Crippen LogP) is -2.05. The average Bonchev–Trinajstić information content (AvgIpc) is 3.75. The van der Waals surface area contributed by atoms with Crippen LogP contribution in [0.2, 0.25) is 0 Å². The summed E-state index contributed by atoms with van der Waals surface area (Å²) in [7, 11) is 0. The van der Waals surface area contributed by atoms with E-state index in [1.54, 1.807) is 30.3 Å². The molecule has 2 rings (SSSR count). The molecule has 23 heteroatoms. The SMILES string of the molecule is CC(C)C[C@H](N)C(=O)N[C@@H](CCC(=O)O)C(=O)N[C@@H](CC(=O)O)C(=O)NCC(=O)N1CCC[C@H]1C(=O)N[C@@H](CCCCN)C(=O)N[C@H](C(=O)N[C@@H](CCCCN)C(=O)O)c1ccccc1. The number of carbonyl (C=O) groups is 10. The summed E-state index contributed by atoms with van der Waals surface area (Å²) in [5.74, 6) is -10.1. The number of aliphatic carboxylic acids is 3. The van der Waals surface area contributed by atoms with E-state index in [4.69, 9.17) is 17.2 Å². The fourth-order valence-electron chi connectivity index (χ4n) is 7.04. The Morgan fingerprint density at radius 1 is 0.677 bits per heavy atom. The molecule has 1 aromatic carbocycles. The van der Waals surface area contributed by atoms with Crippen LogP contribution in [0.1, 0.15) is 103 Å². The summed E-state index contributed by atoms with van der Waals surface area (Å²) in [5.41, 5.74) is 17.5. The molecule has 0 saturated carbocycles. The smallest absolute Gasteiger partial charge is 0.326 e. The van der Waals surface area contributed by atoms with Gasteiger partial charge in [-0.1, -0.05) is 44.2 Å². The maximum absolute atomic E-state index is 13.9. The third-order valence-corrected chi connectivity index (χ3v) is 10.5. The molecule has 1 aromatic rings. The zero-order valence-electron chi connectivity index (χ0n) is 36.9. The van der Waals surface area contributed by atoms with Crippen molar-refractivity contribution in [3.63, 3.8) is 0 Å². The molecule has 362 valence electrons. The molecule has 65 heavy (non-hydrogen) atoms. The van der Waals surface area contributed by atoms with Crippen molar-refractivity contribution in [1.82, 2.24) is 36.8 Å². The third kappa shape index (κ3) is 19.6. The van der Waals surface area contributed by atoms with Crippen LogP contribution < -0.4 is 49.1 Å². The van der Waals surface area contributed by atoms with Crippen LogP contribution in [0.3, 0.4) is 0 Å². The van der Waals surface area contributed by atoms with Gasteiger partial charge in [0.15, 0.2) is 0 Å². The van der Waals surface area contributed by atoms with E-state index in [1.807, 2.05) is 13.8 Å². The Hall–Kier alpha value is -6.20. The summed E-state index contributed by atoms with van der Waals surface area (Å²) in [5, 5.41) is 43.2. The van der Waals surface area contributed by atoms with Crippen molar-refractivity contribution in [3.05, 3.63) is 35.9 Å². The molecule has 15 N–H and O–H groups in total. The van der Waals surface area contributed by atoms with E-state index >= 15 is 0 Å². The van der Waals surface area contributed by atoms with E-state index in [0.29, 0.717) is 44.2 Å². The predicted molar refractivity (Wildman–Crippen MR) is 233 cm³/mol. The lowest BCUT2D eigenvalue weighted by Gasteiger charge is -2.28. The van der Waals surface area contributed by atoms with Gasteiger partial charge in [-0.05, 0) is 88.8 Å². The second-order valence-corrected chi connectivity index (χ2v) is 16.2. The van der Waals surface area contributed by atoms with Crippen LogP contribution in [0.15, 0.2) is 30.3 Å². The van der Waals surface area contributed by atoms with Gasteiger partial charge in [-0.15, -0.1) is 0 Å².